The van der Waals surface area contributed by atoms with Crippen LogP contribution < -0.4 is 11.1 Å². The summed E-state index contributed by atoms with van der Waals surface area (Å²) in [5.74, 6) is 0. The fourth-order valence-corrected chi connectivity index (χ4v) is 3.18. The lowest BCUT2D eigenvalue weighted by molar-refractivity contribution is 0.980. The minimum atomic E-state index is -0.571. The summed E-state index contributed by atoms with van der Waals surface area (Å²) in [6.07, 6.45) is 1.61. The van der Waals surface area contributed by atoms with Gasteiger partial charge in [-0.1, -0.05) is 29.8 Å². The quantitative estimate of drug-likeness (QED) is 0.488. The van der Waals surface area contributed by atoms with E-state index in [1.807, 2.05) is 19.1 Å². The molecule has 0 unspecified atom stereocenters. The molecular formula is C19H11ClN4O2. The molecule has 0 N–H and O–H groups in total. The van der Waals surface area contributed by atoms with E-state index in [-0.39, 0.29) is 22.2 Å². The van der Waals surface area contributed by atoms with Crippen LogP contribution in [0.25, 0.3) is 22.4 Å². The van der Waals surface area contributed by atoms with Crippen molar-refractivity contribution in [1.82, 2.24) is 14.0 Å². The van der Waals surface area contributed by atoms with Crippen LogP contribution in [0.1, 0.15) is 11.1 Å². The van der Waals surface area contributed by atoms with Crippen LogP contribution in [0, 0.1) is 18.3 Å². The van der Waals surface area contributed by atoms with Crippen molar-refractivity contribution in [2.75, 3.05) is 0 Å². The second-order valence-corrected chi connectivity index (χ2v) is 6.21. The lowest BCUT2D eigenvalue weighted by atomic mass is 10.2. The molecule has 0 saturated carbocycles. The van der Waals surface area contributed by atoms with Crippen LogP contribution >= 0.6 is 11.6 Å². The van der Waals surface area contributed by atoms with Crippen molar-refractivity contribution in [3.63, 3.8) is 0 Å². The largest absolute Gasteiger partial charge is 0.274 e. The highest BCUT2D eigenvalue weighted by atomic mass is 35.5. The third kappa shape index (κ3) is 2.22. The number of aryl methyl sites for hydroxylation is 1. The Morgan fingerprint density at radius 2 is 1.85 bits per heavy atom. The van der Waals surface area contributed by atoms with Gasteiger partial charge < -0.3 is 0 Å². The van der Waals surface area contributed by atoms with Gasteiger partial charge in [0.25, 0.3) is 11.1 Å². The van der Waals surface area contributed by atoms with Crippen molar-refractivity contribution in [2.24, 2.45) is 0 Å². The summed E-state index contributed by atoms with van der Waals surface area (Å²) < 4.78 is 2.63. The molecule has 3 aromatic heterocycles. The van der Waals surface area contributed by atoms with Crippen LogP contribution in [0.2, 0.25) is 5.02 Å². The maximum absolute atomic E-state index is 13.0. The Kier molecular flexibility index (Phi) is 3.60. The van der Waals surface area contributed by atoms with Gasteiger partial charge >= 0.3 is 0 Å². The second-order valence-electron chi connectivity index (χ2n) is 5.80. The summed E-state index contributed by atoms with van der Waals surface area (Å²) >= 11 is 6.26. The van der Waals surface area contributed by atoms with Crippen LogP contribution in [0.5, 0.6) is 0 Å². The van der Waals surface area contributed by atoms with E-state index in [0.29, 0.717) is 16.4 Å². The lowest BCUT2D eigenvalue weighted by Crippen LogP contribution is -2.26. The maximum atomic E-state index is 13.0. The summed E-state index contributed by atoms with van der Waals surface area (Å²) in [6, 6.07) is 13.4. The molecule has 1 aromatic carbocycles. The van der Waals surface area contributed by atoms with Crippen LogP contribution in [-0.2, 0) is 0 Å². The van der Waals surface area contributed by atoms with Gasteiger partial charge in [0.15, 0.2) is 5.65 Å². The summed E-state index contributed by atoms with van der Waals surface area (Å²) in [4.78, 5) is 30.3. The number of pyridine rings is 2. The number of hydrogen-bond donors (Lipinski definition) is 0. The number of nitriles is 1. The van der Waals surface area contributed by atoms with Crippen LogP contribution in [0.3, 0.4) is 0 Å². The van der Waals surface area contributed by atoms with Gasteiger partial charge in [-0.3, -0.25) is 18.6 Å². The van der Waals surface area contributed by atoms with Gasteiger partial charge in [-0.25, -0.2) is 4.98 Å². The number of para-hydroxylation sites is 1. The average molecular weight is 363 g/mol. The Labute approximate surface area is 152 Å². The third-order valence-electron chi connectivity index (χ3n) is 4.21. The fourth-order valence-electron chi connectivity index (χ4n) is 2.96. The minimum absolute atomic E-state index is 0.149. The van der Waals surface area contributed by atoms with Gasteiger partial charge in [-0.2, -0.15) is 5.26 Å². The summed E-state index contributed by atoms with van der Waals surface area (Å²) in [5.41, 5.74) is 0.685. The van der Waals surface area contributed by atoms with Crippen molar-refractivity contribution in [1.29, 1.82) is 5.26 Å². The Hall–Kier alpha value is -3.43. The molecule has 0 aliphatic rings. The highest BCUT2D eigenvalue weighted by molar-refractivity contribution is 6.32. The summed E-state index contributed by atoms with van der Waals surface area (Å²) in [7, 11) is 0. The first-order valence-corrected chi connectivity index (χ1v) is 8.13. The van der Waals surface area contributed by atoms with Crippen molar-refractivity contribution in [3.05, 3.63) is 85.5 Å². The molecule has 126 valence electrons. The highest BCUT2D eigenvalue weighted by Crippen LogP contribution is 2.22. The number of rotatable bonds is 1. The first kappa shape index (κ1) is 16.1. The number of fused-ring (bicyclic) bond motifs is 2. The van der Waals surface area contributed by atoms with E-state index in [4.69, 9.17) is 11.6 Å². The molecule has 0 radical (unpaired) electrons. The SMILES string of the molecule is Cc1cccn2c(=O)c3cc(C#N)c(=O)n(-c4ccccc4Cl)c3nc12. The average Bonchev–Trinajstić information content (AvgIpc) is 2.64. The maximum Gasteiger partial charge on any atom is 0.274 e. The molecule has 0 bridgehead atoms. The van der Waals surface area contributed by atoms with E-state index in [0.717, 1.165) is 5.56 Å². The van der Waals surface area contributed by atoms with Crippen LogP contribution in [-0.4, -0.2) is 14.0 Å². The second kappa shape index (κ2) is 5.83. The van der Waals surface area contributed by atoms with Gasteiger partial charge in [0.05, 0.1) is 16.1 Å². The topological polar surface area (TPSA) is 80.2 Å². The Bertz CT molecular complexity index is 1360. The Morgan fingerprint density at radius 1 is 1.08 bits per heavy atom. The molecule has 0 atom stereocenters. The number of hydrogen-bond acceptors (Lipinski definition) is 4. The molecule has 0 spiro atoms. The van der Waals surface area contributed by atoms with E-state index in [1.165, 1.54) is 15.0 Å². The van der Waals surface area contributed by atoms with Crippen LogP contribution in [0.15, 0.2) is 58.3 Å². The molecule has 6 nitrogen and oxygen atoms in total. The number of nitrogens with zero attached hydrogens (tertiary/aromatic N) is 4. The molecule has 0 aliphatic carbocycles. The van der Waals surface area contributed by atoms with Gasteiger partial charge in [-0.15, -0.1) is 0 Å². The Balaban J connectivity index is 2.33. The van der Waals surface area contributed by atoms with Crippen molar-refractivity contribution < 1.29 is 0 Å². The van der Waals surface area contributed by atoms with Crippen LogP contribution in [0.4, 0.5) is 0 Å². The molecule has 26 heavy (non-hydrogen) atoms. The van der Waals surface area contributed by atoms with E-state index >= 15 is 0 Å². The lowest BCUT2D eigenvalue weighted by Gasteiger charge is -2.13. The number of benzene rings is 1. The molecule has 7 heteroatoms. The summed E-state index contributed by atoms with van der Waals surface area (Å²) in [6.45, 7) is 1.83. The standard InChI is InChI=1S/C19H11ClN4O2/c1-11-5-4-8-23-16(11)22-17-13(19(23)26)9-12(10-21)18(25)24(17)15-7-3-2-6-14(15)20/h2-9H,1H3. The minimum Gasteiger partial charge on any atom is -0.268 e. The highest BCUT2D eigenvalue weighted by Gasteiger charge is 2.17. The molecular weight excluding hydrogens is 352 g/mol. The first-order chi connectivity index (χ1) is 12.5. The molecule has 4 aromatic rings. The molecule has 0 fully saturated rings. The normalized spacial score (nSPS) is 11.0. The van der Waals surface area contributed by atoms with E-state index in [9.17, 15) is 14.9 Å². The van der Waals surface area contributed by atoms with E-state index < -0.39 is 5.56 Å². The van der Waals surface area contributed by atoms with Gasteiger partial charge in [0.1, 0.15) is 17.3 Å². The first-order valence-electron chi connectivity index (χ1n) is 7.75. The van der Waals surface area contributed by atoms with Gasteiger partial charge in [0, 0.05) is 6.20 Å². The van der Waals surface area contributed by atoms with Crippen molar-refractivity contribution >= 4 is 28.3 Å². The van der Waals surface area contributed by atoms with E-state index in [1.54, 1.807) is 36.5 Å². The molecule has 0 amide bonds. The predicted octanol–water partition coefficient (Wildman–Crippen LogP) is 2.83. The van der Waals surface area contributed by atoms with Crippen molar-refractivity contribution in [3.8, 4) is 11.8 Å². The van der Waals surface area contributed by atoms with Crippen molar-refractivity contribution in [2.45, 2.75) is 6.92 Å². The monoisotopic (exact) mass is 362 g/mol. The number of halogens is 1. The zero-order chi connectivity index (χ0) is 18.4. The number of aromatic nitrogens is 3. The summed E-state index contributed by atoms with van der Waals surface area (Å²) in [5, 5.41) is 9.83. The molecule has 3 heterocycles. The Morgan fingerprint density at radius 3 is 2.58 bits per heavy atom. The van der Waals surface area contributed by atoms with E-state index in [2.05, 4.69) is 4.98 Å². The zero-order valence-electron chi connectivity index (χ0n) is 13.6. The molecule has 0 saturated heterocycles. The zero-order valence-corrected chi connectivity index (χ0v) is 14.4. The predicted molar refractivity (Wildman–Crippen MR) is 99.0 cm³/mol. The third-order valence-corrected chi connectivity index (χ3v) is 4.53. The molecule has 0 aliphatic heterocycles. The molecule has 4 rings (SSSR count). The van der Waals surface area contributed by atoms with Gasteiger partial charge in [0.2, 0.25) is 0 Å². The smallest absolute Gasteiger partial charge is 0.268 e. The fraction of sp³-hybridized carbons (Fsp3) is 0.0526. The van der Waals surface area contributed by atoms with Gasteiger partial charge in [-0.05, 0) is 36.8 Å².